The maximum absolute atomic E-state index is 11.8. The number of hydrogen-bond acceptors (Lipinski definition) is 1. The van der Waals surface area contributed by atoms with Crippen LogP contribution in [0, 0.1) is 5.92 Å². The molecule has 0 aliphatic carbocycles. The van der Waals surface area contributed by atoms with Crippen molar-refractivity contribution in [1.29, 1.82) is 0 Å². The molecule has 0 saturated heterocycles. The van der Waals surface area contributed by atoms with Gasteiger partial charge in [-0.2, -0.15) is 13.2 Å². The van der Waals surface area contributed by atoms with Gasteiger partial charge in [0.05, 0.1) is 0 Å². The van der Waals surface area contributed by atoms with Crippen LogP contribution in [0.2, 0.25) is 0 Å². The van der Waals surface area contributed by atoms with Crippen LogP contribution in [-0.4, -0.2) is 19.4 Å². The molecule has 62 valence electrons. The predicted octanol–water partition coefficient (Wildman–Crippen LogP) is 2.22. The van der Waals surface area contributed by atoms with Gasteiger partial charge in [0.1, 0.15) is 0 Å². The minimum absolute atomic E-state index is 0.523. The normalized spacial score (nSPS) is 15.9. The molecule has 0 N–H and O–H groups in total. The standard InChI is InChI=1S/C6H11F3O/c1-4(2)5(10-3)6(7,8)9/h4-5H,1-3H3. The molecular weight excluding hydrogens is 145 g/mol. The van der Waals surface area contributed by atoms with E-state index in [1.165, 1.54) is 13.8 Å². The van der Waals surface area contributed by atoms with Crippen molar-refractivity contribution in [3.05, 3.63) is 0 Å². The van der Waals surface area contributed by atoms with Crippen molar-refractivity contribution in [2.75, 3.05) is 7.11 Å². The minimum atomic E-state index is -4.23. The first-order valence-corrected chi connectivity index (χ1v) is 2.99. The van der Waals surface area contributed by atoms with Gasteiger partial charge in [-0.3, -0.25) is 0 Å². The maximum atomic E-state index is 11.8. The SMILES string of the molecule is COC(C(C)C)C(F)(F)F. The number of alkyl halides is 3. The Balaban J connectivity index is 4.07. The lowest BCUT2D eigenvalue weighted by Crippen LogP contribution is -2.35. The summed E-state index contributed by atoms with van der Waals surface area (Å²) < 4.78 is 39.8. The molecule has 0 aliphatic rings. The van der Waals surface area contributed by atoms with Crippen molar-refractivity contribution in [1.82, 2.24) is 0 Å². The summed E-state index contributed by atoms with van der Waals surface area (Å²) in [5, 5.41) is 0. The van der Waals surface area contributed by atoms with E-state index in [4.69, 9.17) is 0 Å². The van der Waals surface area contributed by atoms with Gasteiger partial charge in [0, 0.05) is 7.11 Å². The Labute approximate surface area is 58.2 Å². The lowest BCUT2D eigenvalue weighted by Gasteiger charge is -2.21. The quantitative estimate of drug-likeness (QED) is 0.595. The van der Waals surface area contributed by atoms with Crippen molar-refractivity contribution in [3.63, 3.8) is 0 Å². The van der Waals surface area contributed by atoms with Crippen LogP contribution in [0.15, 0.2) is 0 Å². The summed E-state index contributed by atoms with van der Waals surface area (Å²) in [6, 6.07) is 0. The Kier molecular flexibility index (Phi) is 3.15. The minimum Gasteiger partial charge on any atom is -0.372 e. The molecule has 1 atom stereocenters. The Bertz CT molecular complexity index is 97.7. The second kappa shape index (κ2) is 3.23. The Morgan fingerprint density at radius 2 is 1.60 bits per heavy atom. The third-order valence-corrected chi connectivity index (χ3v) is 1.18. The zero-order chi connectivity index (χ0) is 8.36. The third kappa shape index (κ3) is 2.56. The van der Waals surface area contributed by atoms with E-state index < -0.39 is 18.2 Å². The Morgan fingerprint density at radius 1 is 1.20 bits per heavy atom. The topological polar surface area (TPSA) is 9.23 Å². The van der Waals surface area contributed by atoms with E-state index in [0.29, 0.717) is 0 Å². The highest BCUT2D eigenvalue weighted by molar-refractivity contribution is 4.69. The number of methoxy groups -OCH3 is 1. The van der Waals surface area contributed by atoms with Gasteiger partial charge < -0.3 is 4.74 Å². The summed E-state index contributed by atoms with van der Waals surface area (Å²) in [4.78, 5) is 0. The summed E-state index contributed by atoms with van der Waals surface area (Å²) in [5.41, 5.74) is 0. The van der Waals surface area contributed by atoms with Crippen LogP contribution >= 0.6 is 0 Å². The fraction of sp³-hybridized carbons (Fsp3) is 1.00. The van der Waals surface area contributed by atoms with Crippen LogP contribution in [0.1, 0.15) is 13.8 Å². The highest BCUT2D eigenvalue weighted by Gasteiger charge is 2.41. The summed E-state index contributed by atoms with van der Waals surface area (Å²) in [7, 11) is 1.07. The fourth-order valence-electron chi connectivity index (χ4n) is 0.784. The van der Waals surface area contributed by atoms with Crippen molar-refractivity contribution >= 4 is 0 Å². The number of ether oxygens (including phenoxy) is 1. The average molecular weight is 156 g/mol. The van der Waals surface area contributed by atoms with Crippen molar-refractivity contribution in [2.45, 2.75) is 26.1 Å². The van der Waals surface area contributed by atoms with Gasteiger partial charge in [0.25, 0.3) is 0 Å². The van der Waals surface area contributed by atoms with E-state index in [-0.39, 0.29) is 0 Å². The smallest absolute Gasteiger partial charge is 0.372 e. The van der Waals surface area contributed by atoms with Gasteiger partial charge in [-0.05, 0) is 5.92 Å². The molecule has 0 aromatic rings. The molecule has 0 aromatic heterocycles. The highest BCUT2D eigenvalue weighted by atomic mass is 19.4. The van der Waals surface area contributed by atoms with Gasteiger partial charge in [-0.15, -0.1) is 0 Å². The zero-order valence-corrected chi connectivity index (χ0v) is 6.20. The van der Waals surface area contributed by atoms with E-state index >= 15 is 0 Å². The summed E-state index contributed by atoms with van der Waals surface area (Å²) in [5.74, 6) is -0.523. The van der Waals surface area contributed by atoms with E-state index in [1.54, 1.807) is 0 Å². The third-order valence-electron chi connectivity index (χ3n) is 1.18. The molecule has 0 fully saturated rings. The summed E-state index contributed by atoms with van der Waals surface area (Å²) in [6.45, 7) is 2.95. The molecule has 0 radical (unpaired) electrons. The van der Waals surface area contributed by atoms with Crippen molar-refractivity contribution in [3.8, 4) is 0 Å². The fourth-order valence-corrected chi connectivity index (χ4v) is 0.784. The summed E-state index contributed by atoms with van der Waals surface area (Å²) >= 11 is 0. The zero-order valence-electron chi connectivity index (χ0n) is 6.20. The van der Waals surface area contributed by atoms with Crippen LogP contribution in [0.3, 0.4) is 0 Å². The second-order valence-electron chi connectivity index (χ2n) is 2.44. The van der Waals surface area contributed by atoms with E-state index in [0.717, 1.165) is 7.11 Å². The number of rotatable bonds is 2. The van der Waals surface area contributed by atoms with E-state index in [1.807, 2.05) is 0 Å². The van der Waals surface area contributed by atoms with E-state index in [2.05, 4.69) is 4.74 Å². The van der Waals surface area contributed by atoms with Crippen LogP contribution < -0.4 is 0 Å². The van der Waals surface area contributed by atoms with Crippen LogP contribution in [-0.2, 0) is 4.74 Å². The molecule has 0 bridgehead atoms. The molecule has 0 heterocycles. The van der Waals surface area contributed by atoms with Gasteiger partial charge in [0.2, 0.25) is 0 Å². The Morgan fingerprint density at radius 3 is 1.60 bits per heavy atom. The number of hydrogen-bond donors (Lipinski definition) is 0. The first-order valence-electron chi connectivity index (χ1n) is 2.99. The molecule has 1 nitrogen and oxygen atoms in total. The van der Waals surface area contributed by atoms with E-state index in [9.17, 15) is 13.2 Å². The van der Waals surface area contributed by atoms with Gasteiger partial charge in [-0.25, -0.2) is 0 Å². The lowest BCUT2D eigenvalue weighted by molar-refractivity contribution is -0.224. The second-order valence-corrected chi connectivity index (χ2v) is 2.44. The average Bonchev–Trinajstić information content (AvgIpc) is 1.60. The van der Waals surface area contributed by atoms with Gasteiger partial charge in [0.15, 0.2) is 6.10 Å². The first kappa shape index (κ1) is 9.75. The number of halogens is 3. The Hall–Kier alpha value is -0.250. The van der Waals surface area contributed by atoms with Crippen LogP contribution in [0.25, 0.3) is 0 Å². The first-order chi connectivity index (χ1) is 4.39. The molecule has 1 unspecified atom stereocenters. The molecular formula is C6H11F3O. The van der Waals surface area contributed by atoms with Gasteiger partial charge in [-0.1, -0.05) is 13.8 Å². The summed E-state index contributed by atoms with van der Waals surface area (Å²) in [6.07, 6.45) is -5.87. The molecule has 0 aromatic carbocycles. The molecule has 4 heteroatoms. The van der Waals surface area contributed by atoms with Crippen molar-refractivity contribution < 1.29 is 17.9 Å². The predicted molar refractivity (Wildman–Crippen MR) is 31.7 cm³/mol. The van der Waals surface area contributed by atoms with Crippen molar-refractivity contribution in [2.24, 2.45) is 5.92 Å². The molecule has 10 heavy (non-hydrogen) atoms. The molecule has 0 saturated carbocycles. The lowest BCUT2D eigenvalue weighted by atomic mass is 10.1. The van der Waals surface area contributed by atoms with Gasteiger partial charge >= 0.3 is 6.18 Å². The largest absolute Gasteiger partial charge is 0.414 e. The molecule has 0 amide bonds. The maximum Gasteiger partial charge on any atom is 0.414 e. The molecule has 0 aliphatic heterocycles. The van der Waals surface area contributed by atoms with Crippen LogP contribution in [0.4, 0.5) is 13.2 Å². The molecule has 0 rings (SSSR count). The molecule has 0 spiro atoms. The van der Waals surface area contributed by atoms with Crippen LogP contribution in [0.5, 0.6) is 0 Å². The monoisotopic (exact) mass is 156 g/mol. The highest BCUT2D eigenvalue weighted by Crippen LogP contribution is 2.27.